The first-order valence-electron chi connectivity index (χ1n) is 9.14. The summed E-state index contributed by atoms with van der Waals surface area (Å²) < 4.78 is 0. The van der Waals surface area contributed by atoms with Crippen LogP contribution in [0.3, 0.4) is 0 Å². The summed E-state index contributed by atoms with van der Waals surface area (Å²) in [6, 6.07) is 0. The van der Waals surface area contributed by atoms with E-state index in [4.69, 9.17) is 0 Å². The predicted octanol–water partition coefficient (Wildman–Crippen LogP) is 3.32. The van der Waals surface area contributed by atoms with Crippen molar-refractivity contribution < 1.29 is 24.6 Å². The Morgan fingerprint density at radius 3 is 2.27 bits per heavy atom. The molecule has 2 N–H and O–H groups in total. The van der Waals surface area contributed by atoms with Crippen molar-refractivity contribution in [1.82, 2.24) is 0 Å². The van der Waals surface area contributed by atoms with Gasteiger partial charge in [0, 0.05) is 11.8 Å². The van der Waals surface area contributed by atoms with Gasteiger partial charge in [-0.15, -0.1) is 0 Å². The van der Waals surface area contributed by atoms with Crippen LogP contribution in [0.4, 0.5) is 0 Å². The van der Waals surface area contributed by atoms with E-state index in [1.54, 1.807) is 27.7 Å². The van der Waals surface area contributed by atoms with Crippen LogP contribution in [0.25, 0.3) is 0 Å². The molecule has 0 aromatic rings. The lowest BCUT2D eigenvalue weighted by Crippen LogP contribution is -2.52. The van der Waals surface area contributed by atoms with Crippen molar-refractivity contribution in [3.63, 3.8) is 0 Å². The molecule has 0 spiro atoms. The van der Waals surface area contributed by atoms with Crippen LogP contribution in [-0.2, 0) is 14.4 Å². The fourth-order valence-electron chi connectivity index (χ4n) is 4.50. The van der Waals surface area contributed by atoms with Crippen molar-refractivity contribution in [2.24, 2.45) is 22.7 Å². The summed E-state index contributed by atoms with van der Waals surface area (Å²) in [6.07, 6.45) is 2.20. The summed E-state index contributed by atoms with van der Waals surface area (Å²) in [4.78, 5) is 39.3. The highest BCUT2D eigenvalue weighted by Gasteiger charge is 2.71. The third-order valence-electron chi connectivity index (χ3n) is 6.03. The minimum Gasteiger partial charge on any atom is -0.510 e. The largest absolute Gasteiger partial charge is 0.510 e. The maximum atomic E-state index is 13.4. The Morgan fingerprint density at radius 2 is 1.85 bits per heavy atom. The Balaban J connectivity index is 2.80. The lowest BCUT2D eigenvalue weighted by Gasteiger charge is -2.38. The quantitative estimate of drug-likeness (QED) is 0.445. The lowest BCUT2D eigenvalue weighted by molar-refractivity contribution is -0.147. The number of hydrogen-bond acceptors (Lipinski definition) is 5. The smallest absolute Gasteiger partial charge is 0.183 e. The molecule has 0 amide bonds. The first kappa shape index (κ1) is 20.6. The molecule has 26 heavy (non-hydrogen) atoms. The van der Waals surface area contributed by atoms with Crippen molar-refractivity contribution in [3.8, 4) is 0 Å². The summed E-state index contributed by atoms with van der Waals surface area (Å²) in [5, 5.41) is 21.7. The van der Waals surface area contributed by atoms with Gasteiger partial charge in [0.05, 0.1) is 16.4 Å². The SMILES string of the molecule is CC(C)=CC[C@]12C[C@@H](C(C)(C)O)[C@](C)(C(=O)C(C(=O)C(C)C)=C1O)C2=O. The van der Waals surface area contributed by atoms with Crippen LogP contribution in [0, 0.1) is 22.7 Å². The molecule has 0 saturated heterocycles. The Labute approximate surface area is 155 Å². The molecular weight excluding hydrogens is 332 g/mol. The lowest BCUT2D eigenvalue weighted by atomic mass is 9.62. The van der Waals surface area contributed by atoms with Crippen LogP contribution in [0.1, 0.15) is 61.3 Å². The molecule has 2 bridgehead atoms. The minimum atomic E-state index is -1.51. The van der Waals surface area contributed by atoms with E-state index < -0.39 is 51.4 Å². The molecule has 1 saturated carbocycles. The van der Waals surface area contributed by atoms with Crippen LogP contribution < -0.4 is 0 Å². The van der Waals surface area contributed by atoms with Gasteiger partial charge in [0.25, 0.3) is 0 Å². The number of fused-ring (bicyclic) bond motifs is 2. The van der Waals surface area contributed by atoms with Gasteiger partial charge in [-0.1, -0.05) is 25.5 Å². The van der Waals surface area contributed by atoms with E-state index in [0.717, 1.165) is 5.57 Å². The Hall–Kier alpha value is -1.75. The predicted molar refractivity (Wildman–Crippen MR) is 98.5 cm³/mol. The zero-order valence-corrected chi connectivity index (χ0v) is 16.8. The number of carbonyl (C=O) groups excluding carboxylic acids is 3. The van der Waals surface area contributed by atoms with Gasteiger partial charge in [-0.05, 0) is 47.5 Å². The van der Waals surface area contributed by atoms with E-state index in [2.05, 4.69) is 0 Å². The van der Waals surface area contributed by atoms with Crippen LogP contribution in [0.2, 0.25) is 0 Å². The molecule has 144 valence electrons. The molecule has 0 aromatic carbocycles. The van der Waals surface area contributed by atoms with Gasteiger partial charge in [-0.25, -0.2) is 0 Å². The maximum absolute atomic E-state index is 13.4. The average Bonchev–Trinajstić information content (AvgIpc) is 2.71. The summed E-state index contributed by atoms with van der Waals surface area (Å²) in [5.74, 6) is -3.07. The van der Waals surface area contributed by atoms with Crippen LogP contribution in [0.5, 0.6) is 0 Å². The van der Waals surface area contributed by atoms with E-state index >= 15 is 0 Å². The molecule has 0 aliphatic heterocycles. The van der Waals surface area contributed by atoms with Crippen molar-refractivity contribution in [2.45, 2.75) is 66.9 Å². The van der Waals surface area contributed by atoms with Crippen LogP contribution in [-0.4, -0.2) is 33.2 Å². The monoisotopic (exact) mass is 362 g/mol. The molecule has 0 heterocycles. The van der Waals surface area contributed by atoms with Gasteiger partial charge in [0.1, 0.15) is 11.3 Å². The van der Waals surface area contributed by atoms with Gasteiger partial charge >= 0.3 is 0 Å². The molecule has 0 radical (unpaired) electrons. The van der Waals surface area contributed by atoms with Crippen LogP contribution >= 0.6 is 0 Å². The first-order valence-corrected chi connectivity index (χ1v) is 9.14. The second-order valence-corrected chi connectivity index (χ2v) is 9.08. The normalized spacial score (nSPS) is 31.7. The number of allylic oxidation sites excluding steroid dienone is 4. The molecular formula is C21H30O5. The van der Waals surface area contributed by atoms with Crippen molar-refractivity contribution in [2.75, 3.05) is 0 Å². The minimum absolute atomic E-state index is 0.141. The molecule has 5 heteroatoms. The fraction of sp³-hybridized carbons (Fsp3) is 0.667. The summed E-state index contributed by atoms with van der Waals surface area (Å²) in [7, 11) is 0. The van der Waals surface area contributed by atoms with Gasteiger partial charge in [0.15, 0.2) is 17.3 Å². The number of ketones is 3. The Kier molecular flexibility index (Phi) is 4.87. The van der Waals surface area contributed by atoms with Gasteiger partial charge in [-0.3, -0.25) is 14.4 Å². The third kappa shape index (κ3) is 2.68. The summed E-state index contributed by atoms with van der Waals surface area (Å²) >= 11 is 0. The molecule has 0 aromatic heterocycles. The second-order valence-electron chi connectivity index (χ2n) is 9.08. The van der Waals surface area contributed by atoms with Gasteiger partial charge in [-0.2, -0.15) is 0 Å². The molecule has 5 nitrogen and oxygen atoms in total. The molecule has 3 atom stereocenters. The summed E-state index contributed by atoms with van der Waals surface area (Å²) in [6.45, 7) is 11.7. The highest BCUT2D eigenvalue weighted by atomic mass is 16.3. The number of aliphatic hydroxyl groups excluding tert-OH is 1. The van der Waals surface area contributed by atoms with E-state index in [1.807, 2.05) is 19.9 Å². The first-order chi connectivity index (χ1) is 11.7. The standard InChI is InChI=1S/C21H30O5/c1-11(2)8-9-21-10-13(19(5,6)26)20(7,18(21)25)16(23)14(17(21)24)15(22)12(3)4/h8,12-13,24,26H,9-10H2,1-7H3/t13-,20+,21-/m0/s1. The fourth-order valence-corrected chi connectivity index (χ4v) is 4.50. The number of aliphatic hydroxyl groups is 2. The van der Waals surface area contributed by atoms with Gasteiger partial charge < -0.3 is 10.2 Å². The van der Waals surface area contributed by atoms with Crippen molar-refractivity contribution in [1.29, 1.82) is 0 Å². The highest BCUT2D eigenvalue weighted by molar-refractivity contribution is 6.32. The number of Topliss-reactive ketones (excluding diaryl/α,β-unsaturated/α-hetero) is 3. The number of rotatable bonds is 5. The molecule has 1 fully saturated rings. The molecule has 2 aliphatic rings. The van der Waals surface area contributed by atoms with E-state index in [-0.39, 0.29) is 18.4 Å². The molecule has 0 unspecified atom stereocenters. The summed E-state index contributed by atoms with van der Waals surface area (Å²) in [5.41, 5.74) is -3.42. The average molecular weight is 362 g/mol. The van der Waals surface area contributed by atoms with Gasteiger partial charge in [0.2, 0.25) is 0 Å². The number of carbonyl (C=O) groups is 3. The van der Waals surface area contributed by atoms with Crippen molar-refractivity contribution >= 4 is 17.3 Å². The van der Waals surface area contributed by atoms with Crippen molar-refractivity contribution in [3.05, 3.63) is 23.0 Å². The zero-order valence-electron chi connectivity index (χ0n) is 16.8. The van der Waals surface area contributed by atoms with E-state index in [1.165, 1.54) is 6.92 Å². The zero-order chi connectivity index (χ0) is 20.2. The topological polar surface area (TPSA) is 91.7 Å². The van der Waals surface area contributed by atoms with E-state index in [9.17, 15) is 24.6 Å². The second kappa shape index (κ2) is 6.15. The highest BCUT2D eigenvalue weighted by Crippen LogP contribution is 2.62. The maximum Gasteiger partial charge on any atom is 0.183 e. The molecule has 2 rings (SSSR count). The number of hydrogen-bond donors (Lipinski definition) is 2. The Morgan fingerprint density at radius 1 is 1.31 bits per heavy atom. The van der Waals surface area contributed by atoms with Crippen LogP contribution in [0.15, 0.2) is 23.0 Å². The molecule has 2 aliphatic carbocycles. The Bertz CT molecular complexity index is 730. The third-order valence-corrected chi connectivity index (χ3v) is 6.03. The van der Waals surface area contributed by atoms with E-state index in [0.29, 0.717) is 0 Å².